The fourth-order valence-corrected chi connectivity index (χ4v) is 4.48. The molecule has 2 aromatic carbocycles. The van der Waals surface area contributed by atoms with Crippen LogP contribution in [0.1, 0.15) is 18.4 Å². The van der Waals surface area contributed by atoms with Gasteiger partial charge < -0.3 is 20.5 Å². The molecule has 0 unspecified atom stereocenters. The summed E-state index contributed by atoms with van der Waals surface area (Å²) >= 11 is 0. The zero-order chi connectivity index (χ0) is 18.3. The maximum atomic E-state index is 13.5. The number of aromatic nitrogens is 1. The van der Waals surface area contributed by atoms with Crippen molar-refractivity contribution in [3.8, 4) is 0 Å². The van der Waals surface area contributed by atoms with Crippen LogP contribution in [0.25, 0.3) is 10.9 Å². The first-order chi connectivity index (χ1) is 13.3. The number of benzene rings is 2. The molecule has 1 amide bonds. The number of piperidine rings is 1. The van der Waals surface area contributed by atoms with Crippen molar-refractivity contribution in [1.82, 2.24) is 10.3 Å². The normalized spacial score (nSPS) is 17.9. The van der Waals surface area contributed by atoms with Crippen molar-refractivity contribution in [3.05, 3.63) is 60.3 Å². The summed E-state index contributed by atoms with van der Waals surface area (Å²) in [5.41, 5.74) is 3.99. The fraction of sp³-hybridized carbons (Fsp3) is 0.318. The van der Waals surface area contributed by atoms with Crippen LogP contribution in [-0.2, 0) is 11.2 Å². The number of hydrogen-bond donors (Lipinski definition) is 3. The number of para-hydroxylation sites is 3. The van der Waals surface area contributed by atoms with Crippen molar-refractivity contribution < 1.29 is 4.79 Å². The molecule has 2 aliphatic heterocycles. The van der Waals surface area contributed by atoms with Gasteiger partial charge in [-0.2, -0.15) is 0 Å². The first-order valence-electron chi connectivity index (χ1n) is 9.72. The van der Waals surface area contributed by atoms with E-state index in [0.717, 1.165) is 49.2 Å². The number of hydrogen-bond acceptors (Lipinski definition) is 3. The zero-order valence-electron chi connectivity index (χ0n) is 15.7. The van der Waals surface area contributed by atoms with Crippen molar-refractivity contribution in [2.24, 2.45) is 0 Å². The first kappa shape index (κ1) is 18.8. The third-order valence-electron chi connectivity index (χ3n) is 5.96. The SMILES string of the molecule is Cl.O=C1N(CCc2c[nH]c3ccccc23)c2ccccc2NC12CCNCC2. The third-order valence-corrected chi connectivity index (χ3v) is 5.96. The second-order valence-corrected chi connectivity index (χ2v) is 7.54. The Hall–Kier alpha value is -2.50. The molecule has 2 aliphatic rings. The average Bonchev–Trinajstić information content (AvgIpc) is 3.12. The Balaban J connectivity index is 0.00000192. The average molecular weight is 397 g/mol. The van der Waals surface area contributed by atoms with Gasteiger partial charge in [0.05, 0.1) is 11.4 Å². The minimum absolute atomic E-state index is 0. The van der Waals surface area contributed by atoms with Crippen LogP contribution in [0, 0.1) is 0 Å². The number of H-pyrrole nitrogens is 1. The van der Waals surface area contributed by atoms with E-state index < -0.39 is 5.54 Å². The predicted molar refractivity (Wildman–Crippen MR) is 117 cm³/mol. The highest BCUT2D eigenvalue weighted by molar-refractivity contribution is 6.08. The molecule has 0 atom stereocenters. The maximum absolute atomic E-state index is 13.5. The predicted octanol–water partition coefficient (Wildman–Crippen LogP) is 3.71. The number of amides is 1. The molecule has 0 aliphatic carbocycles. The number of anilines is 2. The van der Waals surface area contributed by atoms with E-state index in [2.05, 4.69) is 46.1 Å². The number of halogens is 1. The van der Waals surface area contributed by atoms with Gasteiger partial charge in [0.25, 0.3) is 5.91 Å². The summed E-state index contributed by atoms with van der Waals surface area (Å²) in [6.45, 7) is 2.43. The van der Waals surface area contributed by atoms with Crippen LogP contribution < -0.4 is 15.5 Å². The van der Waals surface area contributed by atoms with Gasteiger partial charge in [0.2, 0.25) is 0 Å². The molecule has 1 saturated heterocycles. The molecular formula is C22H25ClN4O. The van der Waals surface area contributed by atoms with Crippen LogP contribution in [0.3, 0.4) is 0 Å². The fourth-order valence-electron chi connectivity index (χ4n) is 4.48. The van der Waals surface area contributed by atoms with E-state index in [1.54, 1.807) is 0 Å². The molecule has 3 aromatic rings. The topological polar surface area (TPSA) is 60.2 Å². The van der Waals surface area contributed by atoms with Crippen molar-refractivity contribution >= 4 is 40.6 Å². The van der Waals surface area contributed by atoms with Crippen LogP contribution >= 0.6 is 12.4 Å². The van der Waals surface area contributed by atoms with E-state index in [1.807, 2.05) is 29.2 Å². The van der Waals surface area contributed by atoms with Crippen LogP contribution in [0.2, 0.25) is 0 Å². The van der Waals surface area contributed by atoms with Gasteiger partial charge in [0, 0.05) is 23.6 Å². The molecule has 146 valence electrons. The van der Waals surface area contributed by atoms with Crippen molar-refractivity contribution in [3.63, 3.8) is 0 Å². The maximum Gasteiger partial charge on any atom is 0.252 e. The molecule has 1 fully saturated rings. The molecule has 1 aromatic heterocycles. The number of aromatic amines is 1. The van der Waals surface area contributed by atoms with Crippen LogP contribution in [-0.4, -0.2) is 36.1 Å². The lowest BCUT2D eigenvalue weighted by molar-refractivity contribution is -0.124. The Labute approximate surface area is 170 Å². The van der Waals surface area contributed by atoms with E-state index in [4.69, 9.17) is 0 Å². The lowest BCUT2D eigenvalue weighted by Gasteiger charge is -2.46. The van der Waals surface area contributed by atoms with E-state index in [1.165, 1.54) is 10.9 Å². The summed E-state index contributed by atoms with van der Waals surface area (Å²) in [5.74, 6) is 0.211. The second-order valence-electron chi connectivity index (χ2n) is 7.54. The molecule has 0 saturated carbocycles. The van der Waals surface area contributed by atoms with Gasteiger partial charge in [-0.25, -0.2) is 0 Å². The van der Waals surface area contributed by atoms with Crippen LogP contribution in [0.5, 0.6) is 0 Å². The monoisotopic (exact) mass is 396 g/mol. The quantitative estimate of drug-likeness (QED) is 0.632. The summed E-state index contributed by atoms with van der Waals surface area (Å²) in [4.78, 5) is 18.9. The summed E-state index contributed by atoms with van der Waals surface area (Å²) in [5, 5.41) is 8.19. The molecule has 3 N–H and O–H groups in total. The first-order valence-corrected chi connectivity index (χ1v) is 9.72. The Kier molecular flexibility index (Phi) is 5.04. The second kappa shape index (κ2) is 7.49. The lowest BCUT2D eigenvalue weighted by atomic mass is 9.84. The van der Waals surface area contributed by atoms with E-state index in [-0.39, 0.29) is 18.3 Å². The molecular weight excluding hydrogens is 372 g/mol. The molecule has 28 heavy (non-hydrogen) atoms. The number of nitrogens with one attached hydrogen (secondary N) is 3. The Morgan fingerprint density at radius 3 is 2.61 bits per heavy atom. The van der Waals surface area contributed by atoms with Crippen LogP contribution in [0.15, 0.2) is 54.7 Å². The van der Waals surface area contributed by atoms with Gasteiger partial charge >= 0.3 is 0 Å². The number of fused-ring (bicyclic) bond motifs is 2. The van der Waals surface area contributed by atoms with Gasteiger partial charge in [0.15, 0.2) is 0 Å². The van der Waals surface area contributed by atoms with Gasteiger partial charge in [-0.15, -0.1) is 12.4 Å². The number of rotatable bonds is 3. The molecule has 0 bridgehead atoms. The summed E-state index contributed by atoms with van der Waals surface area (Å²) in [6.07, 6.45) is 4.55. The zero-order valence-corrected chi connectivity index (χ0v) is 16.5. The highest BCUT2D eigenvalue weighted by Gasteiger charge is 2.46. The summed E-state index contributed by atoms with van der Waals surface area (Å²) < 4.78 is 0. The van der Waals surface area contributed by atoms with Crippen molar-refractivity contribution in [2.75, 3.05) is 29.9 Å². The van der Waals surface area contributed by atoms with E-state index >= 15 is 0 Å². The van der Waals surface area contributed by atoms with Crippen molar-refractivity contribution in [2.45, 2.75) is 24.8 Å². The minimum atomic E-state index is -0.472. The molecule has 5 rings (SSSR count). The highest BCUT2D eigenvalue weighted by Crippen LogP contribution is 2.39. The Morgan fingerprint density at radius 1 is 1.00 bits per heavy atom. The van der Waals surface area contributed by atoms with Crippen molar-refractivity contribution in [1.29, 1.82) is 0 Å². The standard InChI is InChI=1S/C22H24N4O.ClH/c27-21-22(10-12-23-13-11-22)25-19-7-3-4-8-20(19)26(21)14-9-16-15-24-18-6-2-1-5-17(16)18;/h1-8,15,23-25H,9-14H2;1H. The highest BCUT2D eigenvalue weighted by atomic mass is 35.5. The van der Waals surface area contributed by atoms with Gasteiger partial charge in [0.1, 0.15) is 5.54 Å². The lowest BCUT2D eigenvalue weighted by Crippen LogP contribution is -2.61. The minimum Gasteiger partial charge on any atom is -0.369 e. The number of nitrogens with zero attached hydrogens (tertiary/aromatic N) is 1. The molecule has 0 radical (unpaired) electrons. The van der Waals surface area contributed by atoms with E-state index in [0.29, 0.717) is 6.54 Å². The van der Waals surface area contributed by atoms with Crippen LogP contribution in [0.4, 0.5) is 11.4 Å². The number of carbonyl (C=O) groups excluding carboxylic acids is 1. The van der Waals surface area contributed by atoms with Gasteiger partial charge in [-0.1, -0.05) is 30.3 Å². The molecule has 3 heterocycles. The van der Waals surface area contributed by atoms with Gasteiger partial charge in [-0.3, -0.25) is 4.79 Å². The largest absolute Gasteiger partial charge is 0.369 e. The smallest absolute Gasteiger partial charge is 0.252 e. The van der Waals surface area contributed by atoms with E-state index in [9.17, 15) is 4.79 Å². The summed E-state index contributed by atoms with van der Waals surface area (Å²) in [6, 6.07) is 16.5. The Bertz CT molecular complexity index is 993. The number of carbonyl (C=O) groups is 1. The molecule has 1 spiro atoms. The third kappa shape index (κ3) is 3.05. The molecule has 6 heteroatoms. The summed E-state index contributed by atoms with van der Waals surface area (Å²) in [7, 11) is 0. The molecule has 5 nitrogen and oxygen atoms in total. The van der Waals surface area contributed by atoms with Gasteiger partial charge in [-0.05, 0) is 56.1 Å². The Morgan fingerprint density at radius 2 is 1.75 bits per heavy atom.